The largest absolute Gasteiger partial charge is 0.506 e. The Hall–Kier alpha value is -1.70. The van der Waals surface area contributed by atoms with E-state index in [1.807, 2.05) is 32.0 Å². The van der Waals surface area contributed by atoms with Crippen molar-refractivity contribution in [2.24, 2.45) is 17.8 Å². The average Bonchev–Trinajstić information content (AvgIpc) is 2.76. The Morgan fingerprint density at radius 2 is 1.71 bits per heavy atom. The lowest BCUT2D eigenvalue weighted by Gasteiger charge is -2.59. The number of carbonyl (C=O) groups is 2. The lowest BCUT2D eigenvalue weighted by molar-refractivity contribution is -0.157. The molecule has 1 amide bonds. The van der Waals surface area contributed by atoms with E-state index in [1.165, 1.54) is 0 Å². The first-order valence-electron chi connectivity index (χ1n) is 12.2. The van der Waals surface area contributed by atoms with E-state index in [1.54, 1.807) is 0 Å². The van der Waals surface area contributed by atoms with E-state index in [4.69, 9.17) is 27.9 Å². The minimum atomic E-state index is -1.18. The predicted octanol–water partition coefficient (Wildman–Crippen LogP) is 4.65. The van der Waals surface area contributed by atoms with Crippen molar-refractivity contribution in [3.8, 4) is 0 Å². The first kappa shape index (κ1) is 24.0. The third kappa shape index (κ3) is 4.35. The van der Waals surface area contributed by atoms with Crippen LogP contribution in [0.25, 0.3) is 0 Å². The van der Waals surface area contributed by atoms with Gasteiger partial charge in [0.25, 0.3) is 0 Å². The molecule has 0 aromatic heterocycles. The minimum Gasteiger partial charge on any atom is -0.450 e. The van der Waals surface area contributed by atoms with E-state index in [0.29, 0.717) is 16.0 Å². The van der Waals surface area contributed by atoms with Crippen LogP contribution in [0.4, 0.5) is 10.5 Å². The van der Waals surface area contributed by atoms with Crippen LogP contribution < -0.4 is 10.2 Å². The molecule has 5 aliphatic rings. The molecule has 1 aromatic rings. The topological polar surface area (TPSA) is 82.1 Å². The maximum atomic E-state index is 13.5. The van der Waals surface area contributed by atoms with Gasteiger partial charge in [-0.15, -0.1) is 0 Å². The second-order valence-corrected chi connectivity index (χ2v) is 12.0. The lowest BCUT2D eigenvalue weighted by Crippen LogP contribution is -2.66. The third-order valence-corrected chi connectivity index (χ3v) is 9.45. The van der Waals surface area contributed by atoms with Gasteiger partial charge in [0.05, 0.1) is 15.6 Å². The molecule has 4 aliphatic carbocycles. The van der Waals surface area contributed by atoms with Gasteiger partial charge in [0.1, 0.15) is 5.60 Å². The number of ether oxygens (including phenoxy) is 1. The van der Waals surface area contributed by atoms with Crippen LogP contribution in [0.2, 0.25) is 10.0 Å². The number of nitrogens with zero attached hydrogens (tertiary/aromatic N) is 2. The number of nitrogens with one attached hydrogen (secondary N) is 1. The predicted molar refractivity (Wildman–Crippen MR) is 132 cm³/mol. The van der Waals surface area contributed by atoms with E-state index in [-0.39, 0.29) is 23.8 Å². The monoisotopic (exact) mass is 509 g/mol. The van der Waals surface area contributed by atoms with E-state index >= 15 is 0 Å². The minimum absolute atomic E-state index is 0.0566. The first-order valence-corrected chi connectivity index (χ1v) is 13.0. The Morgan fingerprint density at radius 1 is 1.06 bits per heavy atom. The summed E-state index contributed by atoms with van der Waals surface area (Å²) >= 11 is 12.3. The molecule has 186 valence electrons. The molecule has 1 saturated heterocycles. The molecule has 1 aromatic carbocycles. The van der Waals surface area contributed by atoms with E-state index in [0.717, 1.165) is 64.0 Å². The molecule has 0 radical (unpaired) electrons. The van der Waals surface area contributed by atoms with Gasteiger partial charge in [0, 0.05) is 37.9 Å². The SMILES string of the molecule is CC(C)(C(=O)NC1C2CC3CC1CC(OC(=O)O)(C3)C2)N1CCN(c2ccc(Cl)c(Cl)c2)CC1. The van der Waals surface area contributed by atoms with Gasteiger partial charge in [0.2, 0.25) is 5.91 Å². The van der Waals surface area contributed by atoms with Crippen LogP contribution in [0, 0.1) is 17.8 Å². The van der Waals surface area contributed by atoms with Crippen molar-refractivity contribution >= 4 is 41.0 Å². The number of halogens is 2. The van der Waals surface area contributed by atoms with Crippen LogP contribution in [0.3, 0.4) is 0 Å². The van der Waals surface area contributed by atoms with Gasteiger partial charge < -0.3 is 20.1 Å². The maximum absolute atomic E-state index is 13.5. The van der Waals surface area contributed by atoms with Crippen LogP contribution in [0.15, 0.2) is 18.2 Å². The molecule has 2 atom stereocenters. The molecule has 1 heterocycles. The van der Waals surface area contributed by atoms with Crippen molar-refractivity contribution in [1.29, 1.82) is 0 Å². The van der Waals surface area contributed by atoms with Crippen molar-refractivity contribution < 1.29 is 19.4 Å². The van der Waals surface area contributed by atoms with E-state index in [2.05, 4.69) is 15.1 Å². The van der Waals surface area contributed by atoms with E-state index < -0.39 is 17.3 Å². The fraction of sp³-hybridized carbons (Fsp3) is 0.680. The summed E-state index contributed by atoms with van der Waals surface area (Å²) in [5, 5.41) is 13.7. The van der Waals surface area contributed by atoms with Gasteiger partial charge >= 0.3 is 6.16 Å². The Morgan fingerprint density at radius 3 is 2.29 bits per heavy atom. The van der Waals surface area contributed by atoms with Gasteiger partial charge in [-0.3, -0.25) is 9.69 Å². The number of amides is 1. The summed E-state index contributed by atoms with van der Waals surface area (Å²) in [4.78, 5) is 29.3. The Labute approximate surface area is 210 Å². The first-order chi connectivity index (χ1) is 16.1. The summed E-state index contributed by atoms with van der Waals surface area (Å²) in [6.07, 6.45) is 3.20. The molecule has 4 bridgehead atoms. The molecular formula is C25H33Cl2N3O4. The lowest BCUT2D eigenvalue weighted by atomic mass is 9.52. The Kier molecular flexibility index (Phi) is 6.18. The van der Waals surface area contributed by atoms with Crippen LogP contribution >= 0.6 is 23.2 Å². The van der Waals surface area contributed by atoms with Gasteiger partial charge in [-0.05, 0) is 81.9 Å². The highest BCUT2D eigenvalue weighted by Crippen LogP contribution is 2.57. The van der Waals surface area contributed by atoms with Crippen molar-refractivity contribution in [2.45, 2.75) is 63.1 Å². The summed E-state index contributed by atoms with van der Waals surface area (Å²) in [5.41, 5.74) is -0.129. The maximum Gasteiger partial charge on any atom is 0.506 e. The number of anilines is 1. The number of hydrogen-bond acceptors (Lipinski definition) is 5. The Bertz CT molecular complexity index is 963. The van der Waals surface area contributed by atoms with Crippen molar-refractivity contribution in [2.75, 3.05) is 31.1 Å². The van der Waals surface area contributed by atoms with Crippen LogP contribution in [0.1, 0.15) is 46.0 Å². The molecule has 5 fully saturated rings. The molecule has 1 aliphatic heterocycles. The number of carboxylic acid groups (broad SMARTS) is 1. The van der Waals surface area contributed by atoms with Crippen molar-refractivity contribution in [3.63, 3.8) is 0 Å². The van der Waals surface area contributed by atoms with Gasteiger partial charge in [-0.2, -0.15) is 0 Å². The molecule has 6 rings (SSSR count). The van der Waals surface area contributed by atoms with Crippen LogP contribution in [-0.4, -0.2) is 65.4 Å². The number of hydrogen-bond donors (Lipinski definition) is 2. The third-order valence-electron chi connectivity index (χ3n) is 8.71. The standard InChI is InChI=1S/C25H33Cl2N3O4/c1-24(2,30-7-5-29(6-8-30)18-3-4-19(26)20(27)11-18)22(31)28-21-16-9-15-10-17(21)14-25(12-15,13-16)34-23(32)33/h3-4,11,15-17,21H,5-10,12-14H2,1-2H3,(H,28,31)(H,32,33). The number of piperazine rings is 1. The van der Waals surface area contributed by atoms with Crippen molar-refractivity contribution in [3.05, 3.63) is 28.2 Å². The number of benzene rings is 1. The zero-order chi connectivity index (χ0) is 24.3. The normalized spacial score (nSPS) is 33.1. The molecule has 34 heavy (non-hydrogen) atoms. The molecule has 9 heteroatoms. The molecule has 4 saturated carbocycles. The fourth-order valence-corrected chi connectivity index (χ4v) is 7.46. The highest BCUT2D eigenvalue weighted by molar-refractivity contribution is 6.42. The summed E-state index contributed by atoms with van der Waals surface area (Å²) < 4.78 is 5.40. The summed E-state index contributed by atoms with van der Waals surface area (Å²) in [6.45, 7) is 7.16. The smallest absolute Gasteiger partial charge is 0.450 e. The molecule has 2 N–H and O–H groups in total. The second kappa shape index (κ2) is 8.75. The van der Waals surface area contributed by atoms with Gasteiger partial charge in [0.15, 0.2) is 0 Å². The van der Waals surface area contributed by atoms with Gasteiger partial charge in [-0.25, -0.2) is 4.79 Å². The average molecular weight is 510 g/mol. The summed E-state index contributed by atoms with van der Waals surface area (Å²) in [6, 6.07) is 5.80. The molecule has 2 unspecified atom stereocenters. The number of carbonyl (C=O) groups excluding carboxylic acids is 1. The van der Waals surface area contributed by atoms with Crippen molar-refractivity contribution in [1.82, 2.24) is 10.2 Å². The van der Waals surface area contributed by atoms with Crippen LogP contribution in [0.5, 0.6) is 0 Å². The van der Waals surface area contributed by atoms with Crippen LogP contribution in [-0.2, 0) is 9.53 Å². The number of rotatable bonds is 5. The fourth-order valence-electron chi connectivity index (χ4n) is 7.17. The molecule has 7 nitrogen and oxygen atoms in total. The zero-order valence-corrected chi connectivity index (χ0v) is 21.2. The second-order valence-electron chi connectivity index (χ2n) is 11.2. The molecular weight excluding hydrogens is 477 g/mol. The quantitative estimate of drug-likeness (QED) is 0.562. The highest BCUT2D eigenvalue weighted by Gasteiger charge is 2.58. The highest BCUT2D eigenvalue weighted by atomic mass is 35.5. The summed E-state index contributed by atoms with van der Waals surface area (Å²) in [5.74, 6) is 1.14. The zero-order valence-electron chi connectivity index (χ0n) is 19.7. The van der Waals surface area contributed by atoms with E-state index in [9.17, 15) is 14.7 Å². The van der Waals surface area contributed by atoms with Gasteiger partial charge in [-0.1, -0.05) is 23.2 Å². The molecule has 0 spiro atoms. The Balaban J connectivity index is 1.21. The summed E-state index contributed by atoms with van der Waals surface area (Å²) in [7, 11) is 0.